The zero-order valence-corrected chi connectivity index (χ0v) is 27.2. The third-order valence-corrected chi connectivity index (χ3v) is 7.31. The van der Waals surface area contributed by atoms with Crippen molar-refractivity contribution in [3.63, 3.8) is 0 Å². The Balaban J connectivity index is 1.44. The van der Waals surface area contributed by atoms with Crippen molar-refractivity contribution in [1.82, 2.24) is 0 Å². The van der Waals surface area contributed by atoms with Gasteiger partial charge in [0.05, 0.1) is 5.56 Å². The summed E-state index contributed by atoms with van der Waals surface area (Å²) < 4.78 is 76.4. The second-order valence-electron chi connectivity index (χ2n) is 11.2. The molecule has 5 nitrogen and oxygen atoms in total. The number of alkyl halides is 3. The summed E-state index contributed by atoms with van der Waals surface area (Å²) in [5.74, 6) is 4.81. The number of carbonyl (C=O) groups excluding carboxylic acids is 1. The van der Waals surface area contributed by atoms with Crippen LogP contribution in [0.3, 0.4) is 0 Å². The summed E-state index contributed by atoms with van der Waals surface area (Å²) in [5, 5.41) is 0. The van der Waals surface area contributed by atoms with E-state index in [-0.39, 0.29) is 18.8 Å². The van der Waals surface area contributed by atoms with Gasteiger partial charge < -0.3 is 18.9 Å². The maximum absolute atomic E-state index is 14.7. The third-order valence-electron chi connectivity index (χ3n) is 7.31. The minimum atomic E-state index is -4.76. The van der Waals surface area contributed by atoms with Crippen LogP contribution in [0.25, 0.3) is 0 Å². The zero-order chi connectivity index (χ0) is 33.9. The topological polar surface area (TPSA) is 54.0 Å². The van der Waals surface area contributed by atoms with E-state index >= 15 is 0 Å². The largest absolute Gasteiger partial charge is 0.489 e. The Morgan fingerprint density at radius 1 is 0.787 bits per heavy atom. The molecule has 0 bridgehead atoms. The first kappa shape index (κ1) is 37.4. The monoisotopic (exact) mass is 656 g/mol. The standard InChI is InChI=1S/C38H44F4O5/c1-3-5-6-7-8-10-13-29-15-17-30(18-16-29)27-45-32-21-19-31(20-22-32)28-46-33-23-24-34(35(39)26-33)37(43)47-36(38(40,41)42)14-11-9-12-25-44-4-2/h15-24,26,36H,3-9,11-12,14,25,27-28H2,1-2H3. The third kappa shape index (κ3) is 14.1. The maximum Gasteiger partial charge on any atom is 0.425 e. The molecule has 0 saturated heterocycles. The molecule has 0 fully saturated rings. The van der Waals surface area contributed by atoms with Crippen molar-refractivity contribution in [1.29, 1.82) is 0 Å². The minimum absolute atomic E-state index is 0.101. The summed E-state index contributed by atoms with van der Waals surface area (Å²) in [4.78, 5) is 12.4. The van der Waals surface area contributed by atoms with Crippen LogP contribution in [0.1, 0.15) is 98.7 Å². The van der Waals surface area contributed by atoms with Crippen molar-refractivity contribution in [3.05, 3.63) is 94.8 Å². The number of ether oxygens (including phenoxy) is 4. The first-order chi connectivity index (χ1) is 22.7. The van der Waals surface area contributed by atoms with E-state index in [1.54, 1.807) is 12.1 Å². The normalized spacial score (nSPS) is 11.8. The predicted octanol–water partition coefficient (Wildman–Crippen LogP) is 9.99. The molecule has 1 unspecified atom stereocenters. The molecule has 0 N–H and O–H groups in total. The fourth-order valence-electron chi connectivity index (χ4n) is 4.59. The fourth-order valence-corrected chi connectivity index (χ4v) is 4.59. The van der Waals surface area contributed by atoms with Crippen LogP contribution < -0.4 is 9.47 Å². The van der Waals surface area contributed by atoms with Crippen LogP contribution in [-0.2, 0) is 22.7 Å². The smallest absolute Gasteiger partial charge is 0.425 e. The SMILES string of the molecule is CCCCCCC#Cc1ccc(COc2ccc(COc3ccc(C(=O)OC(CCCCCOCC)C(F)(F)F)c(F)c3)cc2)cc1. The van der Waals surface area contributed by atoms with Crippen molar-refractivity contribution < 1.29 is 41.3 Å². The number of unbranched alkanes of at least 4 members (excludes halogenated alkanes) is 6. The summed E-state index contributed by atoms with van der Waals surface area (Å²) in [5.41, 5.74) is 2.19. The molecule has 0 heterocycles. The van der Waals surface area contributed by atoms with E-state index in [1.165, 1.54) is 25.3 Å². The van der Waals surface area contributed by atoms with Crippen molar-refractivity contribution in [2.45, 2.75) is 97.1 Å². The lowest BCUT2D eigenvalue weighted by Gasteiger charge is -2.21. The Bertz CT molecular complexity index is 1410. The average Bonchev–Trinajstić information content (AvgIpc) is 3.06. The zero-order valence-electron chi connectivity index (χ0n) is 27.2. The van der Waals surface area contributed by atoms with E-state index in [1.807, 2.05) is 43.3 Å². The van der Waals surface area contributed by atoms with Crippen LogP contribution in [0.15, 0.2) is 66.7 Å². The van der Waals surface area contributed by atoms with Crippen molar-refractivity contribution in [2.75, 3.05) is 13.2 Å². The molecule has 0 spiro atoms. The number of esters is 1. The van der Waals surface area contributed by atoms with Crippen LogP contribution in [-0.4, -0.2) is 31.5 Å². The van der Waals surface area contributed by atoms with Crippen molar-refractivity contribution in [2.24, 2.45) is 0 Å². The lowest BCUT2D eigenvalue weighted by Crippen LogP contribution is -2.34. The van der Waals surface area contributed by atoms with Gasteiger partial charge in [-0.2, -0.15) is 13.2 Å². The first-order valence-electron chi connectivity index (χ1n) is 16.3. The van der Waals surface area contributed by atoms with Gasteiger partial charge in [0.15, 0.2) is 6.10 Å². The quantitative estimate of drug-likeness (QED) is 0.0557. The number of benzene rings is 3. The van der Waals surface area contributed by atoms with Gasteiger partial charge in [-0.05, 0) is 80.1 Å². The summed E-state index contributed by atoms with van der Waals surface area (Å²) in [7, 11) is 0. The van der Waals surface area contributed by atoms with E-state index < -0.39 is 36.1 Å². The number of halogens is 4. The molecule has 0 radical (unpaired) electrons. The molecule has 3 aromatic rings. The predicted molar refractivity (Wildman–Crippen MR) is 174 cm³/mol. The Morgan fingerprint density at radius 3 is 2.06 bits per heavy atom. The molecular weight excluding hydrogens is 612 g/mol. The van der Waals surface area contributed by atoms with Crippen molar-refractivity contribution in [3.8, 4) is 23.3 Å². The molecule has 0 saturated carbocycles. The summed E-state index contributed by atoms with van der Waals surface area (Å²) in [6, 6.07) is 18.5. The molecule has 254 valence electrons. The summed E-state index contributed by atoms with van der Waals surface area (Å²) in [6.45, 7) is 5.52. The van der Waals surface area contributed by atoms with Crippen LogP contribution in [0.2, 0.25) is 0 Å². The van der Waals surface area contributed by atoms with E-state index in [0.717, 1.165) is 41.7 Å². The van der Waals surface area contributed by atoms with Gasteiger partial charge in [-0.25, -0.2) is 9.18 Å². The fraction of sp³-hybridized carbons (Fsp3) is 0.447. The molecule has 0 aliphatic carbocycles. The number of hydrogen-bond acceptors (Lipinski definition) is 5. The summed E-state index contributed by atoms with van der Waals surface area (Å²) >= 11 is 0. The van der Waals surface area contributed by atoms with Gasteiger partial charge in [0.1, 0.15) is 30.5 Å². The molecule has 0 aromatic heterocycles. The molecule has 0 aliphatic heterocycles. The van der Waals surface area contributed by atoms with Crippen LogP contribution in [0, 0.1) is 17.7 Å². The highest BCUT2D eigenvalue weighted by molar-refractivity contribution is 5.90. The van der Waals surface area contributed by atoms with E-state index in [0.29, 0.717) is 38.4 Å². The van der Waals surface area contributed by atoms with Crippen LogP contribution in [0.4, 0.5) is 17.6 Å². The lowest BCUT2D eigenvalue weighted by molar-refractivity contribution is -0.206. The molecule has 9 heteroatoms. The minimum Gasteiger partial charge on any atom is -0.489 e. The molecule has 1 atom stereocenters. The van der Waals surface area contributed by atoms with Gasteiger partial charge in [-0.3, -0.25) is 0 Å². The Morgan fingerprint density at radius 2 is 1.43 bits per heavy atom. The Labute approximate surface area is 275 Å². The van der Waals surface area contributed by atoms with Gasteiger partial charge in [-0.15, -0.1) is 0 Å². The van der Waals surface area contributed by atoms with Crippen LogP contribution in [0.5, 0.6) is 11.5 Å². The lowest BCUT2D eigenvalue weighted by atomic mass is 10.1. The van der Waals surface area contributed by atoms with E-state index in [4.69, 9.17) is 14.2 Å². The van der Waals surface area contributed by atoms with Gasteiger partial charge in [0, 0.05) is 31.3 Å². The molecule has 47 heavy (non-hydrogen) atoms. The second kappa shape index (κ2) is 20.3. The van der Waals surface area contributed by atoms with Crippen molar-refractivity contribution >= 4 is 5.97 Å². The van der Waals surface area contributed by atoms with E-state index in [9.17, 15) is 22.4 Å². The average molecular weight is 657 g/mol. The van der Waals surface area contributed by atoms with E-state index in [2.05, 4.69) is 23.5 Å². The Hall–Kier alpha value is -4.03. The number of hydrogen-bond donors (Lipinski definition) is 0. The number of rotatable bonds is 19. The highest BCUT2D eigenvalue weighted by Gasteiger charge is 2.42. The maximum atomic E-state index is 14.7. The molecule has 0 amide bonds. The van der Waals surface area contributed by atoms with Gasteiger partial charge in [0.25, 0.3) is 0 Å². The molecule has 0 aliphatic rings. The molecule has 3 rings (SSSR count). The highest BCUT2D eigenvalue weighted by atomic mass is 19.4. The van der Waals surface area contributed by atoms with Gasteiger partial charge in [-0.1, -0.05) is 68.7 Å². The van der Waals surface area contributed by atoms with Crippen LogP contribution >= 0.6 is 0 Å². The first-order valence-corrected chi connectivity index (χ1v) is 16.3. The van der Waals surface area contributed by atoms with Gasteiger partial charge in [0.2, 0.25) is 0 Å². The summed E-state index contributed by atoms with van der Waals surface area (Å²) in [6.07, 6.45) is -0.463. The van der Waals surface area contributed by atoms with Gasteiger partial charge >= 0.3 is 12.1 Å². The highest BCUT2D eigenvalue weighted by Crippen LogP contribution is 2.29. The molecular formula is C38H44F4O5. The second-order valence-corrected chi connectivity index (χ2v) is 11.2. The molecule has 3 aromatic carbocycles. The number of carbonyl (C=O) groups is 1. The Kier molecular flexibility index (Phi) is 16.1.